The molecule has 3 aromatic rings. The highest BCUT2D eigenvalue weighted by atomic mass is 32.2. The third-order valence-corrected chi connectivity index (χ3v) is 7.77. The van der Waals surface area contributed by atoms with Gasteiger partial charge < -0.3 is 5.32 Å². The average molecular weight is 436 g/mol. The molecule has 0 aliphatic rings. The molecule has 6 nitrogen and oxygen atoms in total. The van der Waals surface area contributed by atoms with Gasteiger partial charge in [0.15, 0.2) is 0 Å². The number of sulfonamides is 1. The summed E-state index contributed by atoms with van der Waals surface area (Å²) >= 11 is 3.10. The zero-order valence-electron chi connectivity index (χ0n) is 16.0. The second-order valence-corrected chi connectivity index (χ2v) is 10.4. The molecule has 0 unspecified atom stereocenters. The fourth-order valence-electron chi connectivity index (χ4n) is 2.58. The quantitative estimate of drug-likeness (QED) is 0.636. The predicted octanol–water partition coefficient (Wildman–Crippen LogP) is 3.92. The molecule has 0 saturated carbocycles. The Hall–Kier alpha value is -2.07. The van der Waals surface area contributed by atoms with Gasteiger partial charge in [-0.05, 0) is 48.6 Å². The van der Waals surface area contributed by atoms with Crippen molar-refractivity contribution in [1.82, 2.24) is 9.29 Å². The molecule has 1 aromatic carbocycles. The lowest BCUT2D eigenvalue weighted by Crippen LogP contribution is -2.23. The number of hydrogen-bond donors (Lipinski definition) is 1. The monoisotopic (exact) mass is 435 g/mol. The number of nitrogens with zero attached hydrogens (tertiary/aromatic N) is 2. The number of aryl methyl sites for hydroxylation is 1. The normalized spacial score (nSPS) is 11.8. The van der Waals surface area contributed by atoms with Crippen molar-refractivity contribution in [3.05, 3.63) is 51.2 Å². The number of thiophene rings is 1. The van der Waals surface area contributed by atoms with Crippen LogP contribution in [0.1, 0.15) is 16.8 Å². The molecule has 0 bridgehead atoms. The number of benzene rings is 1. The SMILES string of the molecule is Cc1cc(S(=O)(=O)N(C)C)cc(NC(=O)Cc2csc(-c3ccsc3)n2)c1C. The van der Waals surface area contributed by atoms with Crippen molar-refractivity contribution in [1.29, 1.82) is 0 Å². The first-order chi connectivity index (χ1) is 13.2. The molecule has 28 heavy (non-hydrogen) atoms. The third-order valence-electron chi connectivity index (χ3n) is 4.36. The minimum atomic E-state index is -3.58. The van der Waals surface area contributed by atoms with Gasteiger partial charge in [0.1, 0.15) is 5.01 Å². The first-order valence-electron chi connectivity index (χ1n) is 8.49. The van der Waals surface area contributed by atoms with Gasteiger partial charge in [-0.1, -0.05) is 0 Å². The standard InChI is InChI=1S/C19H21N3O3S3/c1-12-7-16(28(24,25)22(3)4)9-17(13(12)2)21-18(23)8-15-11-27-19(20-15)14-5-6-26-10-14/h5-7,9-11H,8H2,1-4H3,(H,21,23). The molecule has 0 saturated heterocycles. The number of nitrogens with one attached hydrogen (secondary N) is 1. The van der Waals surface area contributed by atoms with E-state index in [9.17, 15) is 13.2 Å². The third kappa shape index (κ3) is 4.33. The van der Waals surface area contributed by atoms with Crippen LogP contribution in [0, 0.1) is 13.8 Å². The van der Waals surface area contributed by atoms with Crippen LogP contribution in [0.2, 0.25) is 0 Å². The van der Waals surface area contributed by atoms with Gasteiger partial charge in [-0.25, -0.2) is 17.7 Å². The minimum absolute atomic E-state index is 0.129. The fourth-order valence-corrected chi connectivity index (χ4v) is 5.13. The summed E-state index contributed by atoms with van der Waals surface area (Å²) in [5.74, 6) is -0.232. The van der Waals surface area contributed by atoms with E-state index < -0.39 is 10.0 Å². The maximum atomic E-state index is 12.5. The van der Waals surface area contributed by atoms with Crippen LogP contribution in [0.25, 0.3) is 10.6 Å². The minimum Gasteiger partial charge on any atom is -0.325 e. The van der Waals surface area contributed by atoms with Crippen LogP contribution in [-0.4, -0.2) is 37.7 Å². The second kappa shape index (κ2) is 8.12. The molecule has 0 fully saturated rings. The van der Waals surface area contributed by atoms with Gasteiger partial charge in [-0.15, -0.1) is 11.3 Å². The first kappa shape index (κ1) is 20.7. The molecule has 2 aromatic heterocycles. The number of anilines is 1. The van der Waals surface area contributed by atoms with Gasteiger partial charge in [-0.2, -0.15) is 11.3 Å². The van der Waals surface area contributed by atoms with Crippen LogP contribution < -0.4 is 5.32 Å². The van der Waals surface area contributed by atoms with E-state index in [1.165, 1.54) is 31.5 Å². The summed E-state index contributed by atoms with van der Waals surface area (Å²) in [5.41, 5.74) is 3.87. The van der Waals surface area contributed by atoms with Gasteiger partial charge in [-0.3, -0.25) is 4.79 Å². The fraction of sp³-hybridized carbons (Fsp3) is 0.263. The lowest BCUT2D eigenvalue weighted by Gasteiger charge is -2.16. The smallest absolute Gasteiger partial charge is 0.242 e. The van der Waals surface area contributed by atoms with Gasteiger partial charge >= 0.3 is 0 Å². The van der Waals surface area contributed by atoms with Gasteiger partial charge in [0.05, 0.1) is 17.0 Å². The Labute approximate surface area is 172 Å². The first-order valence-corrected chi connectivity index (χ1v) is 11.8. The van der Waals surface area contributed by atoms with Crippen molar-refractivity contribution in [3.8, 4) is 10.6 Å². The molecular weight excluding hydrogens is 414 g/mol. The van der Waals surface area contributed by atoms with Crippen molar-refractivity contribution in [3.63, 3.8) is 0 Å². The molecule has 0 spiro atoms. The number of hydrogen-bond acceptors (Lipinski definition) is 6. The highest BCUT2D eigenvalue weighted by Gasteiger charge is 2.20. The zero-order valence-corrected chi connectivity index (χ0v) is 18.5. The highest BCUT2D eigenvalue weighted by molar-refractivity contribution is 7.89. The molecule has 0 radical (unpaired) electrons. The second-order valence-electron chi connectivity index (χ2n) is 6.58. The number of rotatable bonds is 6. The highest BCUT2D eigenvalue weighted by Crippen LogP contribution is 2.27. The Morgan fingerprint density at radius 2 is 1.96 bits per heavy atom. The van der Waals surface area contributed by atoms with Crippen LogP contribution in [0.5, 0.6) is 0 Å². The Balaban J connectivity index is 1.79. The Kier molecular flexibility index (Phi) is 5.99. The van der Waals surface area contributed by atoms with E-state index in [4.69, 9.17) is 0 Å². The molecule has 3 rings (SSSR count). The largest absolute Gasteiger partial charge is 0.325 e. The Bertz CT molecular complexity index is 1100. The number of thiazole rings is 1. The number of carbonyl (C=O) groups is 1. The molecule has 148 valence electrons. The lowest BCUT2D eigenvalue weighted by molar-refractivity contribution is -0.115. The molecular formula is C19H21N3O3S3. The number of carbonyl (C=O) groups excluding carboxylic acids is 1. The predicted molar refractivity (Wildman–Crippen MR) is 115 cm³/mol. The van der Waals surface area contributed by atoms with E-state index in [2.05, 4.69) is 10.3 Å². The molecule has 2 heterocycles. The number of aromatic nitrogens is 1. The summed E-state index contributed by atoms with van der Waals surface area (Å²) in [4.78, 5) is 17.2. The van der Waals surface area contributed by atoms with Crippen molar-refractivity contribution < 1.29 is 13.2 Å². The summed E-state index contributed by atoms with van der Waals surface area (Å²) < 4.78 is 26.0. The van der Waals surface area contributed by atoms with Crippen LogP contribution in [0.4, 0.5) is 5.69 Å². The summed E-state index contributed by atoms with van der Waals surface area (Å²) in [6.07, 6.45) is 0.129. The van der Waals surface area contributed by atoms with E-state index in [0.717, 1.165) is 26.0 Å². The average Bonchev–Trinajstić information content (AvgIpc) is 3.29. The maximum Gasteiger partial charge on any atom is 0.242 e. The Morgan fingerprint density at radius 3 is 2.61 bits per heavy atom. The van der Waals surface area contributed by atoms with Crippen molar-refractivity contribution in [2.45, 2.75) is 25.2 Å². The van der Waals surface area contributed by atoms with E-state index in [-0.39, 0.29) is 17.2 Å². The maximum absolute atomic E-state index is 12.5. The van der Waals surface area contributed by atoms with E-state index >= 15 is 0 Å². The molecule has 9 heteroatoms. The summed E-state index contributed by atoms with van der Waals surface area (Å²) in [6, 6.07) is 5.12. The zero-order chi connectivity index (χ0) is 20.5. The number of amides is 1. The molecule has 0 atom stereocenters. The van der Waals surface area contributed by atoms with Gasteiger partial charge in [0, 0.05) is 36.1 Å². The molecule has 0 aliphatic carbocycles. The van der Waals surface area contributed by atoms with Gasteiger partial charge in [0.2, 0.25) is 15.9 Å². The lowest BCUT2D eigenvalue weighted by atomic mass is 10.1. The molecule has 1 amide bonds. The molecule has 1 N–H and O–H groups in total. The van der Waals surface area contributed by atoms with E-state index in [1.807, 2.05) is 36.1 Å². The topological polar surface area (TPSA) is 79.4 Å². The Morgan fingerprint density at radius 1 is 1.21 bits per heavy atom. The van der Waals surface area contributed by atoms with E-state index in [0.29, 0.717) is 11.4 Å². The summed E-state index contributed by atoms with van der Waals surface area (Å²) in [7, 11) is -0.618. The van der Waals surface area contributed by atoms with Crippen molar-refractivity contribution >= 4 is 44.3 Å². The van der Waals surface area contributed by atoms with E-state index in [1.54, 1.807) is 17.4 Å². The van der Waals surface area contributed by atoms with Crippen LogP contribution >= 0.6 is 22.7 Å². The molecule has 0 aliphatic heterocycles. The van der Waals surface area contributed by atoms with Crippen LogP contribution in [-0.2, 0) is 21.2 Å². The van der Waals surface area contributed by atoms with Crippen molar-refractivity contribution in [2.75, 3.05) is 19.4 Å². The van der Waals surface area contributed by atoms with Crippen LogP contribution in [0.15, 0.2) is 39.2 Å². The summed E-state index contributed by atoms with van der Waals surface area (Å²) in [5, 5.41) is 9.61. The van der Waals surface area contributed by atoms with Crippen LogP contribution in [0.3, 0.4) is 0 Å². The van der Waals surface area contributed by atoms with Crippen molar-refractivity contribution in [2.24, 2.45) is 0 Å². The van der Waals surface area contributed by atoms with Gasteiger partial charge in [0.25, 0.3) is 0 Å². The summed E-state index contributed by atoms with van der Waals surface area (Å²) in [6.45, 7) is 3.68.